The fourth-order valence-electron chi connectivity index (χ4n) is 0.739. The SMILES string of the molecule is COC(=O)C(C)(C(C)=O)C(C)=O. The Labute approximate surface area is 70.9 Å². The Balaban J connectivity index is 5.01. The standard InChI is InChI=1S/C8H12O4/c1-5(9)8(3,6(2)10)7(11)12-4/h1-4H3. The van der Waals surface area contributed by atoms with Gasteiger partial charge in [-0.05, 0) is 20.8 Å². The first-order valence-electron chi connectivity index (χ1n) is 3.47. The molecule has 0 radical (unpaired) electrons. The second kappa shape index (κ2) is 3.47. The summed E-state index contributed by atoms with van der Waals surface area (Å²) < 4.78 is 4.36. The molecule has 0 aliphatic rings. The van der Waals surface area contributed by atoms with Crippen LogP contribution in [0.15, 0.2) is 0 Å². The van der Waals surface area contributed by atoms with Crippen LogP contribution < -0.4 is 0 Å². The second-order valence-electron chi connectivity index (χ2n) is 2.73. The summed E-state index contributed by atoms with van der Waals surface area (Å²) in [7, 11) is 1.15. The highest BCUT2D eigenvalue weighted by molar-refractivity contribution is 6.20. The van der Waals surface area contributed by atoms with E-state index in [2.05, 4.69) is 4.74 Å². The predicted octanol–water partition coefficient (Wildman–Crippen LogP) is 0.344. The van der Waals surface area contributed by atoms with Crippen molar-refractivity contribution in [3.05, 3.63) is 0 Å². The molecule has 0 aromatic carbocycles. The van der Waals surface area contributed by atoms with Crippen LogP contribution in [0.4, 0.5) is 0 Å². The average molecular weight is 172 g/mol. The molecule has 0 aliphatic heterocycles. The molecule has 0 spiro atoms. The van der Waals surface area contributed by atoms with Crippen molar-refractivity contribution < 1.29 is 19.1 Å². The highest BCUT2D eigenvalue weighted by Gasteiger charge is 2.44. The molecule has 0 bridgehead atoms. The lowest BCUT2D eigenvalue weighted by Gasteiger charge is -2.19. The van der Waals surface area contributed by atoms with Gasteiger partial charge in [0.15, 0.2) is 17.0 Å². The summed E-state index contributed by atoms with van der Waals surface area (Å²) in [5, 5.41) is 0. The molecule has 0 fully saturated rings. The summed E-state index contributed by atoms with van der Waals surface area (Å²) >= 11 is 0. The van der Waals surface area contributed by atoms with Gasteiger partial charge < -0.3 is 4.74 Å². The third-order valence-corrected chi connectivity index (χ3v) is 2.00. The molecule has 0 atom stereocenters. The van der Waals surface area contributed by atoms with E-state index >= 15 is 0 Å². The number of ketones is 2. The average Bonchev–Trinajstić information content (AvgIpc) is 2.00. The molecule has 0 rings (SSSR count). The Morgan fingerprint density at radius 2 is 1.42 bits per heavy atom. The lowest BCUT2D eigenvalue weighted by molar-refractivity contribution is -0.159. The lowest BCUT2D eigenvalue weighted by atomic mass is 9.82. The minimum atomic E-state index is -1.63. The zero-order valence-electron chi connectivity index (χ0n) is 7.63. The van der Waals surface area contributed by atoms with Gasteiger partial charge in [-0.15, -0.1) is 0 Å². The van der Waals surface area contributed by atoms with E-state index in [1.54, 1.807) is 0 Å². The van der Waals surface area contributed by atoms with Crippen LogP contribution in [0.1, 0.15) is 20.8 Å². The van der Waals surface area contributed by atoms with Crippen LogP contribution >= 0.6 is 0 Å². The summed E-state index contributed by atoms with van der Waals surface area (Å²) in [6.45, 7) is 3.65. The van der Waals surface area contributed by atoms with E-state index in [-0.39, 0.29) is 0 Å². The van der Waals surface area contributed by atoms with Gasteiger partial charge in [0.25, 0.3) is 0 Å². The van der Waals surface area contributed by atoms with E-state index in [0.717, 1.165) is 7.11 Å². The summed E-state index contributed by atoms with van der Waals surface area (Å²) in [4.78, 5) is 33.0. The van der Waals surface area contributed by atoms with Crippen molar-refractivity contribution in [1.82, 2.24) is 0 Å². The Kier molecular flexibility index (Phi) is 3.13. The number of Topliss-reactive ketones (excluding diaryl/α,β-unsaturated/α-hetero) is 2. The Morgan fingerprint density at radius 1 is 1.08 bits per heavy atom. The van der Waals surface area contributed by atoms with Crippen molar-refractivity contribution in [3.8, 4) is 0 Å². The first-order chi connectivity index (χ1) is 5.37. The minimum Gasteiger partial charge on any atom is -0.468 e. The highest BCUT2D eigenvalue weighted by Crippen LogP contribution is 2.20. The predicted molar refractivity (Wildman–Crippen MR) is 41.5 cm³/mol. The first kappa shape index (κ1) is 10.8. The zero-order valence-corrected chi connectivity index (χ0v) is 7.63. The minimum absolute atomic E-state index is 0.498. The molecule has 0 saturated heterocycles. The third-order valence-electron chi connectivity index (χ3n) is 2.00. The van der Waals surface area contributed by atoms with Gasteiger partial charge in [0.1, 0.15) is 0 Å². The number of hydrogen-bond donors (Lipinski definition) is 0. The molecule has 0 amide bonds. The van der Waals surface area contributed by atoms with E-state index in [1.807, 2.05) is 0 Å². The van der Waals surface area contributed by atoms with Crippen LogP contribution in [0.5, 0.6) is 0 Å². The summed E-state index contributed by atoms with van der Waals surface area (Å²) in [5.74, 6) is -1.80. The molecular formula is C8H12O4. The van der Waals surface area contributed by atoms with E-state index in [9.17, 15) is 14.4 Å². The zero-order chi connectivity index (χ0) is 9.94. The van der Waals surface area contributed by atoms with E-state index in [4.69, 9.17) is 0 Å². The molecule has 0 aromatic heterocycles. The van der Waals surface area contributed by atoms with Crippen molar-refractivity contribution in [2.75, 3.05) is 7.11 Å². The van der Waals surface area contributed by atoms with Crippen LogP contribution in [0.2, 0.25) is 0 Å². The van der Waals surface area contributed by atoms with Gasteiger partial charge in [-0.3, -0.25) is 14.4 Å². The van der Waals surface area contributed by atoms with Crippen molar-refractivity contribution >= 4 is 17.5 Å². The molecular weight excluding hydrogens is 160 g/mol. The van der Waals surface area contributed by atoms with Gasteiger partial charge in [0, 0.05) is 0 Å². The molecule has 0 heterocycles. The summed E-state index contributed by atoms with van der Waals surface area (Å²) in [6.07, 6.45) is 0. The van der Waals surface area contributed by atoms with Gasteiger partial charge >= 0.3 is 5.97 Å². The van der Waals surface area contributed by atoms with Gasteiger partial charge in [0.05, 0.1) is 7.11 Å². The summed E-state index contributed by atoms with van der Waals surface area (Å²) in [5.41, 5.74) is -1.63. The number of rotatable bonds is 3. The maximum atomic E-state index is 11.1. The topological polar surface area (TPSA) is 60.4 Å². The summed E-state index contributed by atoms with van der Waals surface area (Å²) in [6, 6.07) is 0. The maximum Gasteiger partial charge on any atom is 0.326 e. The molecule has 68 valence electrons. The van der Waals surface area contributed by atoms with E-state index < -0.39 is 23.0 Å². The van der Waals surface area contributed by atoms with Gasteiger partial charge in [-0.2, -0.15) is 0 Å². The van der Waals surface area contributed by atoms with Crippen molar-refractivity contribution in [2.24, 2.45) is 5.41 Å². The maximum absolute atomic E-state index is 11.1. The molecule has 0 saturated carbocycles. The quantitative estimate of drug-likeness (QED) is 0.455. The van der Waals surface area contributed by atoms with Crippen LogP contribution in [-0.4, -0.2) is 24.6 Å². The van der Waals surface area contributed by atoms with Gasteiger partial charge in [-0.1, -0.05) is 0 Å². The first-order valence-corrected chi connectivity index (χ1v) is 3.47. The Hall–Kier alpha value is -1.19. The molecule has 0 aromatic rings. The molecule has 0 unspecified atom stereocenters. The number of carbonyl (C=O) groups is 3. The number of esters is 1. The number of carbonyl (C=O) groups excluding carboxylic acids is 3. The molecule has 4 nitrogen and oxygen atoms in total. The van der Waals surface area contributed by atoms with E-state index in [1.165, 1.54) is 20.8 Å². The third kappa shape index (κ3) is 1.52. The van der Waals surface area contributed by atoms with Crippen molar-refractivity contribution in [2.45, 2.75) is 20.8 Å². The largest absolute Gasteiger partial charge is 0.468 e. The van der Waals surface area contributed by atoms with Gasteiger partial charge in [0.2, 0.25) is 0 Å². The van der Waals surface area contributed by atoms with Crippen LogP contribution in [0, 0.1) is 5.41 Å². The molecule has 0 N–H and O–H groups in total. The fourth-order valence-corrected chi connectivity index (χ4v) is 0.739. The number of ether oxygens (including phenoxy) is 1. The molecule has 0 aliphatic carbocycles. The second-order valence-corrected chi connectivity index (χ2v) is 2.73. The highest BCUT2D eigenvalue weighted by atomic mass is 16.5. The van der Waals surface area contributed by atoms with Crippen molar-refractivity contribution in [3.63, 3.8) is 0 Å². The van der Waals surface area contributed by atoms with E-state index in [0.29, 0.717) is 0 Å². The fraction of sp³-hybridized carbons (Fsp3) is 0.625. The molecule has 4 heteroatoms. The smallest absolute Gasteiger partial charge is 0.326 e. The monoisotopic (exact) mass is 172 g/mol. The lowest BCUT2D eigenvalue weighted by Crippen LogP contribution is -2.42. The van der Waals surface area contributed by atoms with Crippen LogP contribution in [-0.2, 0) is 19.1 Å². The van der Waals surface area contributed by atoms with Crippen molar-refractivity contribution in [1.29, 1.82) is 0 Å². The normalized spacial score (nSPS) is 10.7. The number of hydrogen-bond acceptors (Lipinski definition) is 4. The van der Waals surface area contributed by atoms with Crippen LogP contribution in [0.3, 0.4) is 0 Å². The van der Waals surface area contributed by atoms with Crippen LogP contribution in [0.25, 0.3) is 0 Å². The Morgan fingerprint density at radius 3 is 1.50 bits per heavy atom. The molecule has 12 heavy (non-hydrogen) atoms. The van der Waals surface area contributed by atoms with Gasteiger partial charge in [-0.25, -0.2) is 0 Å². The Bertz CT molecular complexity index is 215. The number of methoxy groups -OCH3 is 1.